The number of carbonyl (C=O) groups excluding carboxylic acids is 1. The number of hydrogen-bond donors (Lipinski definition) is 1. The van der Waals surface area contributed by atoms with Gasteiger partial charge in [-0.3, -0.25) is 10.1 Å². The van der Waals surface area contributed by atoms with Gasteiger partial charge in [0.2, 0.25) is 5.91 Å². The van der Waals surface area contributed by atoms with Crippen LogP contribution in [0.5, 0.6) is 0 Å². The molecule has 1 saturated heterocycles. The number of thiophene rings is 1. The first-order chi connectivity index (χ1) is 8.99. The zero-order valence-corrected chi connectivity index (χ0v) is 12.8. The van der Waals surface area contributed by atoms with Crippen LogP contribution in [0.25, 0.3) is 0 Å². The summed E-state index contributed by atoms with van der Waals surface area (Å²) >= 11 is 1.79. The smallest absolute Gasteiger partial charge is 0.241 e. The summed E-state index contributed by atoms with van der Waals surface area (Å²) in [6.07, 6.45) is 1.24. The molecule has 0 spiro atoms. The predicted octanol–water partition coefficient (Wildman–Crippen LogP) is 2.92. The van der Waals surface area contributed by atoms with Gasteiger partial charge in [0.05, 0.1) is 6.04 Å². The van der Waals surface area contributed by atoms with Crippen LogP contribution in [0.1, 0.15) is 43.1 Å². The highest BCUT2D eigenvalue weighted by Crippen LogP contribution is 2.43. The summed E-state index contributed by atoms with van der Waals surface area (Å²) in [5.74, 6) is 1.29. The SMILES string of the molecule is Cc1ccc(C2NC(C(C)C)C(=O)N2C2CC2C)s1. The molecule has 1 amide bonds. The molecule has 1 N–H and O–H groups in total. The molecule has 3 rings (SSSR count). The zero-order valence-electron chi connectivity index (χ0n) is 12.0. The van der Waals surface area contributed by atoms with Gasteiger partial charge in [0.1, 0.15) is 6.17 Å². The summed E-state index contributed by atoms with van der Waals surface area (Å²) in [5, 5.41) is 3.55. The maximum atomic E-state index is 12.6. The maximum Gasteiger partial charge on any atom is 0.241 e. The van der Waals surface area contributed by atoms with Crippen LogP contribution in [0.2, 0.25) is 0 Å². The molecule has 1 saturated carbocycles. The molecule has 1 aromatic rings. The van der Waals surface area contributed by atoms with Gasteiger partial charge in [-0.15, -0.1) is 11.3 Å². The predicted molar refractivity (Wildman–Crippen MR) is 78.0 cm³/mol. The Balaban J connectivity index is 1.90. The molecule has 4 heteroatoms. The zero-order chi connectivity index (χ0) is 13.7. The van der Waals surface area contributed by atoms with Gasteiger partial charge in [-0.05, 0) is 37.3 Å². The largest absolute Gasteiger partial charge is 0.317 e. The van der Waals surface area contributed by atoms with Crippen molar-refractivity contribution in [2.75, 3.05) is 0 Å². The van der Waals surface area contributed by atoms with Crippen molar-refractivity contribution in [3.8, 4) is 0 Å². The molecule has 2 heterocycles. The van der Waals surface area contributed by atoms with Gasteiger partial charge in [0.15, 0.2) is 0 Å². The molecule has 4 unspecified atom stereocenters. The number of hydrogen-bond acceptors (Lipinski definition) is 3. The summed E-state index contributed by atoms with van der Waals surface area (Å²) in [7, 11) is 0. The van der Waals surface area contributed by atoms with Gasteiger partial charge in [0, 0.05) is 15.8 Å². The van der Waals surface area contributed by atoms with Crippen LogP contribution in [-0.2, 0) is 4.79 Å². The quantitative estimate of drug-likeness (QED) is 0.922. The van der Waals surface area contributed by atoms with Crippen molar-refractivity contribution < 1.29 is 4.79 Å². The van der Waals surface area contributed by atoms with E-state index in [1.807, 2.05) is 0 Å². The van der Waals surface area contributed by atoms with Crippen molar-refractivity contribution >= 4 is 17.2 Å². The fourth-order valence-electron chi connectivity index (χ4n) is 2.95. The number of aryl methyl sites for hydroxylation is 1. The van der Waals surface area contributed by atoms with Gasteiger partial charge in [0.25, 0.3) is 0 Å². The minimum Gasteiger partial charge on any atom is -0.317 e. The van der Waals surface area contributed by atoms with Crippen molar-refractivity contribution in [3.05, 3.63) is 21.9 Å². The van der Waals surface area contributed by atoms with E-state index in [0.29, 0.717) is 23.8 Å². The molecule has 104 valence electrons. The first-order valence-electron chi connectivity index (χ1n) is 7.13. The third kappa shape index (κ3) is 2.21. The highest BCUT2D eigenvalue weighted by Gasteiger charge is 2.51. The molecule has 0 bridgehead atoms. The average Bonchev–Trinajstić information content (AvgIpc) is 2.74. The summed E-state index contributed by atoms with van der Waals surface area (Å²) in [4.78, 5) is 17.3. The molecular weight excluding hydrogens is 256 g/mol. The Kier molecular flexibility index (Phi) is 3.18. The summed E-state index contributed by atoms with van der Waals surface area (Å²) in [6, 6.07) is 4.72. The molecule has 3 nitrogen and oxygen atoms in total. The second-order valence-electron chi connectivity index (χ2n) is 6.27. The van der Waals surface area contributed by atoms with Gasteiger partial charge < -0.3 is 4.90 Å². The highest BCUT2D eigenvalue weighted by atomic mass is 32.1. The van der Waals surface area contributed by atoms with Crippen LogP contribution in [0.15, 0.2) is 12.1 Å². The van der Waals surface area contributed by atoms with Crippen molar-refractivity contribution in [1.29, 1.82) is 0 Å². The monoisotopic (exact) mass is 278 g/mol. The average molecular weight is 278 g/mol. The van der Waals surface area contributed by atoms with E-state index in [-0.39, 0.29) is 12.2 Å². The van der Waals surface area contributed by atoms with E-state index in [1.165, 1.54) is 9.75 Å². The number of rotatable bonds is 3. The Morgan fingerprint density at radius 2 is 2.11 bits per heavy atom. The second-order valence-corrected chi connectivity index (χ2v) is 7.58. The van der Waals surface area contributed by atoms with Gasteiger partial charge in [-0.25, -0.2) is 0 Å². The fourth-order valence-corrected chi connectivity index (χ4v) is 3.89. The topological polar surface area (TPSA) is 32.3 Å². The van der Waals surface area contributed by atoms with Crippen molar-refractivity contribution in [3.63, 3.8) is 0 Å². The van der Waals surface area contributed by atoms with E-state index in [2.05, 4.69) is 50.0 Å². The van der Waals surface area contributed by atoms with Gasteiger partial charge >= 0.3 is 0 Å². The Morgan fingerprint density at radius 3 is 2.58 bits per heavy atom. The molecule has 4 atom stereocenters. The van der Waals surface area contributed by atoms with E-state index < -0.39 is 0 Å². The molecule has 1 aromatic heterocycles. The van der Waals surface area contributed by atoms with E-state index >= 15 is 0 Å². The van der Waals surface area contributed by atoms with Gasteiger partial charge in [-0.2, -0.15) is 0 Å². The van der Waals surface area contributed by atoms with Crippen molar-refractivity contribution in [1.82, 2.24) is 10.2 Å². The van der Waals surface area contributed by atoms with Crippen molar-refractivity contribution in [2.24, 2.45) is 11.8 Å². The summed E-state index contributed by atoms with van der Waals surface area (Å²) in [6.45, 7) is 8.59. The molecular formula is C15H22N2OS. The lowest BCUT2D eigenvalue weighted by Crippen LogP contribution is -2.35. The molecule has 19 heavy (non-hydrogen) atoms. The molecule has 0 radical (unpaired) electrons. The van der Waals surface area contributed by atoms with Gasteiger partial charge in [-0.1, -0.05) is 20.8 Å². The van der Waals surface area contributed by atoms with Crippen molar-refractivity contribution in [2.45, 2.75) is 52.4 Å². The second kappa shape index (κ2) is 4.60. The lowest BCUT2D eigenvalue weighted by Gasteiger charge is -2.23. The van der Waals surface area contributed by atoms with E-state index in [4.69, 9.17) is 0 Å². The van der Waals surface area contributed by atoms with Crippen LogP contribution < -0.4 is 5.32 Å². The standard InChI is InChI=1S/C15H22N2OS/c1-8(2)13-15(18)17(11-7-9(11)3)14(16-13)12-6-5-10(4)19-12/h5-6,8-9,11,13-14,16H,7H2,1-4H3. The first-order valence-corrected chi connectivity index (χ1v) is 7.95. The number of amides is 1. The van der Waals surface area contributed by atoms with Crippen LogP contribution in [0.4, 0.5) is 0 Å². The molecule has 0 aromatic carbocycles. The minimum absolute atomic E-state index is 0.0276. The molecule has 1 aliphatic heterocycles. The summed E-state index contributed by atoms with van der Waals surface area (Å²) < 4.78 is 0. The lowest BCUT2D eigenvalue weighted by atomic mass is 10.1. The van der Waals surface area contributed by atoms with Crippen LogP contribution in [0.3, 0.4) is 0 Å². The van der Waals surface area contributed by atoms with Crippen LogP contribution in [0, 0.1) is 18.8 Å². The molecule has 2 fully saturated rings. The number of nitrogens with zero attached hydrogens (tertiary/aromatic N) is 1. The highest BCUT2D eigenvalue weighted by molar-refractivity contribution is 7.12. The Hall–Kier alpha value is -0.870. The Labute approximate surface area is 119 Å². The first kappa shape index (κ1) is 13.1. The third-order valence-corrected chi connectivity index (χ3v) is 5.31. The number of nitrogens with one attached hydrogen (secondary N) is 1. The minimum atomic E-state index is -0.0276. The normalized spacial score (nSPS) is 34.4. The van der Waals surface area contributed by atoms with E-state index in [0.717, 1.165) is 6.42 Å². The lowest BCUT2D eigenvalue weighted by molar-refractivity contribution is -0.131. The van der Waals surface area contributed by atoms with E-state index in [1.54, 1.807) is 11.3 Å². The Bertz CT molecular complexity index is 496. The van der Waals surface area contributed by atoms with Crippen LogP contribution in [-0.4, -0.2) is 22.9 Å². The third-order valence-electron chi connectivity index (χ3n) is 4.26. The Morgan fingerprint density at radius 1 is 1.42 bits per heavy atom. The summed E-state index contributed by atoms with van der Waals surface area (Å²) in [5.41, 5.74) is 0. The molecule has 2 aliphatic rings. The van der Waals surface area contributed by atoms with E-state index in [9.17, 15) is 4.79 Å². The molecule has 1 aliphatic carbocycles. The maximum absolute atomic E-state index is 12.6. The number of carbonyl (C=O) groups is 1. The van der Waals surface area contributed by atoms with Crippen LogP contribution >= 0.6 is 11.3 Å². The fraction of sp³-hybridized carbons (Fsp3) is 0.667.